The summed E-state index contributed by atoms with van der Waals surface area (Å²) in [4.78, 5) is 12.2. The number of hydrogen-bond acceptors (Lipinski definition) is 4. The number of carbonyl (C=O) groups excluding carboxylic acids is 1. The molecule has 0 aliphatic rings. The summed E-state index contributed by atoms with van der Waals surface area (Å²) >= 11 is 0. The molecule has 0 saturated heterocycles. The Morgan fingerprint density at radius 2 is 1.75 bits per heavy atom. The molecule has 0 aromatic heterocycles. The molecule has 2 aromatic rings. The zero-order valence-electron chi connectivity index (χ0n) is 14.0. The van der Waals surface area contributed by atoms with Crippen molar-refractivity contribution in [1.82, 2.24) is 4.31 Å². The van der Waals surface area contributed by atoms with Gasteiger partial charge in [-0.1, -0.05) is 36.4 Å². The van der Waals surface area contributed by atoms with E-state index in [2.05, 4.69) is 0 Å². The highest BCUT2D eigenvalue weighted by atomic mass is 32.2. The number of esters is 1. The molecule has 0 N–H and O–H groups in total. The maximum atomic E-state index is 12.5. The molecule has 0 spiro atoms. The Kier molecular flexibility index (Phi) is 5.75. The Morgan fingerprint density at radius 3 is 2.38 bits per heavy atom. The van der Waals surface area contributed by atoms with Crippen LogP contribution in [0.2, 0.25) is 0 Å². The molecule has 128 valence electrons. The van der Waals surface area contributed by atoms with Crippen molar-refractivity contribution < 1.29 is 17.9 Å². The highest BCUT2D eigenvalue weighted by molar-refractivity contribution is 7.89. The lowest BCUT2D eigenvalue weighted by Crippen LogP contribution is -2.33. The zero-order chi connectivity index (χ0) is 17.7. The SMILES string of the molecule is CC(C)N(C)S(=O)(=O)c1cccc(C(=O)OCc2ccccc2)c1. The minimum Gasteiger partial charge on any atom is -0.457 e. The van der Waals surface area contributed by atoms with Crippen LogP contribution < -0.4 is 0 Å². The first-order valence-corrected chi connectivity index (χ1v) is 9.05. The molecule has 0 atom stereocenters. The van der Waals surface area contributed by atoms with Gasteiger partial charge in [0, 0.05) is 13.1 Å². The van der Waals surface area contributed by atoms with Crippen LogP contribution in [0.15, 0.2) is 59.5 Å². The monoisotopic (exact) mass is 347 g/mol. The molecule has 2 aromatic carbocycles. The molecule has 0 radical (unpaired) electrons. The summed E-state index contributed by atoms with van der Waals surface area (Å²) < 4.78 is 31.5. The van der Waals surface area contributed by atoms with Gasteiger partial charge in [-0.3, -0.25) is 0 Å². The fourth-order valence-corrected chi connectivity index (χ4v) is 3.45. The van der Waals surface area contributed by atoms with Crippen molar-refractivity contribution in [3.63, 3.8) is 0 Å². The standard InChI is InChI=1S/C18H21NO4S/c1-14(2)19(3)24(21,22)17-11-7-10-16(12-17)18(20)23-13-15-8-5-4-6-9-15/h4-12,14H,13H2,1-3H3. The topological polar surface area (TPSA) is 63.7 Å². The van der Waals surface area contributed by atoms with Crippen LogP contribution in [-0.2, 0) is 21.4 Å². The third-order valence-electron chi connectivity index (χ3n) is 3.69. The predicted octanol–water partition coefficient (Wildman–Crippen LogP) is 3.07. The molecule has 0 amide bonds. The number of carbonyl (C=O) groups is 1. The van der Waals surface area contributed by atoms with Crippen LogP contribution in [0.1, 0.15) is 29.8 Å². The number of benzene rings is 2. The van der Waals surface area contributed by atoms with Gasteiger partial charge < -0.3 is 4.74 Å². The normalized spacial score (nSPS) is 11.7. The Labute approximate surface area is 142 Å². The van der Waals surface area contributed by atoms with Crippen molar-refractivity contribution in [2.75, 3.05) is 7.05 Å². The van der Waals surface area contributed by atoms with Crippen LogP contribution in [0.3, 0.4) is 0 Å². The summed E-state index contributed by atoms with van der Waals surface area (Å²) in [7, 11) is -2.12. The van der Waals surface area contributed by atoms with E-state index in [9.17, 15) is 13.2 Å². The maximum Gasteiger partial charge on any atom is 0.338 e. The summed E-state index contributed by atoms with van der Waals surface area (Å²) in [5, 5.41) is 0. The molecule has 0 aliphatic carbocycles. The van der Waals surface area contributed by atoms with Gasteiger partial charge in [0.1, 0.15) is 6.61 Å². The van der Waals surface area contributed by atoms with E-state index in [1.165, 1.54) is 23.5 Å². The van der Waals surface area contributed by atoms with E-state index in [0.717, 1.165) is 5.56 Å². The largest absolute Gasteiger partial charge is 0.457 e. The van der Waals surface area contributed by atoms with Crippen molar-refractivity contribution in [1.29, 1.82) is 0 Å². The van der Waals surface area contributed by atoms with Gasteiger partial charge in [0.15, 0.2) is 0 Å². The minimum atomic E-state index is -3.64. The van der Waals surface area contributed by atoms with Crippen molar-refractivity contribution in [2.24, 2.45) is 0 Å². The highest BCUT2D eigenvalue weighted by Crippen LogP contribution is 2.18. The summed E-state index contributed by atoms with van der Waals surface area (Å²) in [5.41, 5.74) is 1.08. The molecule has 5 nitrogen and oxygen atoms in total. The van der Waals surface area contributed by atoms with Crippen LogP contribution in [0.5, 0.6) is 0 Å². The Morgan fingerprint density at radius 1 is 1.08 bits per heavy atom. The quantitative estimate of drug-likeness (QED) is 0.753. The van der Waals surface area contributed by atoms with Crippen molar-refractivity contribution in [3.05, 3.63) is 65.7 Å². The first kappa shape index (κ1) is 18.2. The van der Waals surface area contributed by atoms with E-state index in [1.807, 2.05) is 30.3 Å². The summed E-state index contributed by atoms with van der Waals surface area (Å²) in [6, 6.07) is 15.0. The Balaban J connectivity index is 2.16. The Bertz CT molecular complexity index is 801. The maximum absolute atomic E-state index is 12.5. The first-order valence-electron chi connectivity index (χ1n) is 7.61. The molecule has 0 bridgehead atoms. The number of rotatable bonds is 6. The molecular formula is C18H21NO4S. The molecule has 2 rings (SSSR count). The van der Waals surface area contributed by atoms with Crippen molar-refractivity contribution in [2.45, 2.75) is 31.4 Å². The van der Waals surface area contributed by atoms with Gasteiger partial charge in [0.2, 0.25) is 10.0 Å². The second-order valence-electron chi connectivity index (χ2n) is 5.70. The minimum absolute atomic E-state index is 0.0767. The average Bonchev–Trinajstić information content (AvgIpc) is 2.59. The number of hydrogen-bond donors (Lipinski definition) is 0. The van der Waals surface area contributed by atoms with E-state index in [0.29, 0.717) is 0 Å². The van der Waals surface area contributed by atoms with E-state index in [1.54, 1.807) is 26.0 Å². The van der Waals surface area contributed by atoms with Crippen LogP contribution in [-0.4, -0.2) is 31.8 Å². The van der Waals surface area contributed by atoms with Gasteiger partial charge >= 0.3 is 5.97 Å². The first-order chi connectivity index (χ1) is 11.3. The number of nitrogens with zero attached hydrogens (tertiary/aromatic N) is 1. The average molecular weight is 347 g/mol. The fraction of sp³-hybridized carbons (Fsp3) is 0.278. The molecule has 0 heterocycles. The van der Waals surface area contributed by atoms with Crippen LogP contribution >= 0.6 is 0 Å². The van der Waals surface area contributed by atoms with Gasteiger partial charge in [0.25, 0.3) is 0 Å². The second kappa shape index (κ2) is 7.59. The third-order valence-corrected chi connectivity index (χ3v) is 5.72. The highest BCUT2D eigenvalue weighted by Gasteiger charge is 2.24. The summed E-state index contributed by atoms with van der Waals surface area (Å²) in [6.07, 6.45) is 0. The summed E-state index contributed by atoms with van der Waals surface area (Å²) in [6.45, 7) is 3.72. The third kappa shape index (κ3) is 4.21. The van der Waals surface area contributed by atoms with E-state index in [-0.39, 0.29) is 23.1 Å². The smallest absolute Gasteiger partial charge is 0.338 e. The van der Waals surface area contributed by atoms with E-state index in [4.69, 9.17) is 4.74 Å². The Hall–Kier alpha value is -2.18. The molecule has 6 heteroatoms. The van der Waals surface area contributed by atoms with Crippen molar-refractivity contribution >= 4 is 16.0 Å². The van der Waals surface area contributed by atoms with Crippen LogP contribution in [0.25, 0.3) is 0 Å². The molecule has 0 aliphatic heterocycles. The molecule has 24 heavy (non-hydrogen) atoms. The van der Waals surface area contributed by atoms with Gasteiger partial charge in [0.05, 0.1) is 10.5 Å². The van der Waals surface area contributed by atoms with Gasteiger partial charge in [-0.2, -0.15) is 4.31 Å². The van der Waals surface area contributed by atoms with E-state index >= 15 is 0 Å². The fourth-order valence-electron chi connectivity index (χ4n) is 2.03. The van der Waals surface area contributed by atoms with Gasteiger partial charge in [-0.05, 0) is 37.6 Å². The second-order valence-corrected chi connectivity index (χ2v) is 7.70. The van der Waals surface area contributed by atoms with Crippen LogP contribution in [0, 0.1) is 0 Å². The van der Waals surface area contributed by atoms with Gasteiger partial charge in [-0.25, -0.2) is 13.2 Å². The van der Waals surface area contributed by atoms with Crippen molar-refractivity contribution in [3.8, 4) is 0 Å². The number of ether oxygens (including phenoxy) is 1. The summed E-state index contributed by atoms with van der Waals surface area (Å²) in [5.74, 6) is -0.553. The molecule has 0 fully saturated rings. The predicted molar refractivity (Wildman–Crippen MR) is 92.1 cm³/mol. The zero-order valence-corrected chi connectivity index (χ0v) is 14.8. The molecular weight excluding hydrogens is 326 g/mol. The lowest BCUT2D eigenvalue weighted by Gasteiger charge is -2.21. The van der Waals surface area contributed by atoms with Gasteiger partial charge in [-0.15, -0.1) is 0 Å². The lowest BCUT2D eigenvalue weighted by atomic mass is 10.2. The number of sulfonamides is 1. The lowest BCUT2D eigenvalue weighted by molar-refractivity contribution is 0.0472. The van der Waals surface area contributed by atoms with Crippen LogP contribution in [0.4, 0.5) is 0 Å². The molecule has 0 saturated carbocycles. The van der Waals surface area contributed by atoms with E-state index < -0.39 is 16.0 Å². The molecule has 0 unspecified atom stereocenters.